The van der Waals surface area contributed by atoms with Crippen LogP contribution >= 0.6 is 11.8 Å². The van der Waals surface area contributed by atoms with Crippen molar-refractivity contribution in [3.05, 3.63) is 68.6 Å². The van der Waals surface area contributed by atoms with Crippen LogP contribution in [0.1, 0.15) is 29.3 Å². The van der Waals surface area contributed by atoms with Crippen molar-refractivity contribution in [2.75, 3.05) is 11.5 Å². The van der Waals surface area contributed by atoms with Crippen LogP contribution in [-0.2, 0) is 13.6 Å². The number of benzene rings is 1. The summed E-state index contributed by atoms with van der Waals surface area (Å²) in [5.74, 6) is -0.530. The Hall–Kier alpha value is -3.07. The van der Waals surface area contributed by atoms with Crippen LogP contribution in [0.3, 0.4) is 0 Å². The molecule has 2 heterocycles. The molecule has 0 unspecified atom stereocenters. The molecule has 8 nitrogen and oxygen atoms in total. The average Bonchev–Trinajstić information content (AvgIpc) is 3.17. The van der Waals surface area contributed by atoms with E-state index in [-0.39, 0.29) is 17.1 Å². The highest BCUT2D eigenvalue weighted by Crippen LogP contribution is 2.23. The van der Waals surface area contributed by atoms with Gasteiger partial charge < -0.3 is 5.73 Å². The number of nitrogen functional groups attached to an aromatic ring is 1. The molecule has 0 aliphatic rings. The minimum Gasteiger partial charge on any atom is -0.384 e. The lowest BCUT2D eigenvalue weighted by atomic mass is 10.2. The molecule has 0 fully saturated rings. The van der Waals surface area contributed by atoms with Gasteiger partial charge in [-0.05, 0) is 25.0 Å². The maximum Gasteiger partial charge on any atom is 0.332 e. The van der Waals surface area contributed by atoms with E-state index in [4.69, 9.17) is 5.73 Å². The van der Waals surface area contributed by atoms with E-state index in [9.17, 15) is 14.4 Å². The lowest BCUT2D eigenvalue weighted by molar-refractivity contribution is 0.102. The second kappa shape index (κ2) is 8.52. The Bertz CT molecular complexity index is 1180. The van der Waals surface area contributed by atoms with Gasteiger partial charge in [-0.2, -0.15) is 0 Å². The lowest BCUT2D eigenvalue weighted by Gasteiger charge is -2.14. The lowest BCUT2D eigenvalue weighted by Crippen LogP contribution is -2.42. The highest BCUT2D eigenvalue weighted by molar-refractivity contribution is 7.99. The van der Waals surface area contributed by atoms with E-state index in [1.807, 2.05) is 48.9 Å². The number of hydrogen-bond acceptors (Lipinski definition) is 6. The van der Waals surface area contributed by atoms with Crippen molar-refractivity contribution < 1.29 is 4.79 Å². The maximum absolute atomic E-state index is 12.8. The largest absolute Gasteiger partial charge is 0.384 e. The molecule has 0 aliphatic heterocycles. The first-order valence-corrected chi connectivity index (χ1v) is 10.2. The Morgan fingerprint density at radius 1 is 1.24 bits per heavy atom. The summed E-state index contributed by atoms with van der Waals surface area (Å²) in [5, 5.41) is 0.630. The van der Waals surface area contributed by atoms with Crippen LogP contribution < -0.4 is 17.0 Å². The number of carbonyl (C=O) groups is 1. The number of rotatable bonds is 7. The third-order valence-corrected chi connectivity index (χ3v) is 5.59. The van der Waals surface area contributed by atoms with Crippen molar-refractivity contribution in [1.29, 1.82) is 0 Å². The summed E-state index contributed by atoms with van der Waals surface area (Å²) in [6, 6.07) is 7.85. The third kappa shape index (κ3) is 3.91. The molecule has 0 atom stereocenters. The summed E-state index contributed by atoms with van der Waals surface area (Å²) in [6.45, 7) is 4.22. The fourth-order valence-corrected chi connectivity index (χ4v) is 3.94. The van der Waals surface area contributed by atoms with Gasteiger partial charge >= 0.3 is 5.69 Å². The zero-order valence-corrected chi connectivity index (χ0v) is 17.4. The summed E-state index contributed by atoms with van der Waals surface area (Å²) in [7, 11) is 1.35. The van der Waals surface area contributed by atoms with Crippen LogP contribution in [-0.4, -0.2) is 30.2 Å². The fourth-order valence-electron chi connectivity index (χ4n) is 3.10. The summed E-state index contributed by atoms with van der Waals surface area (Å²) >= 11 is 1.22. The molecule has 0 bridgehead atoms. The van der Waals surface area contributed by atoms with E-state index in [2.05, 4.69) is 4.98 Å². The standard InChI is InChI=1S/C20H23N5O3S/c1-4-10-25-17(21)16(18(27)23(3)20(25)28)15(26)12-29-19-22-9-11-24(19)14-8-6-5-7-13(14)2/h5-9,11H,4,10,12,21H2,1-3H3. The number of carbonyl (C=O) groups excluding carboxylic acids is 1. The molecule has 0 saturated heterocycles. The van der Waals surface area contributed by atoms with Crippen LogP contribution in [0.2, 0.25) is 0 Å². The highest BCUT2D eigenvalue weighted by Gasteiger charge is 2.22. The molecule has 9 heteroatoms. The molecule has 2 aromatic heterocycles. The minimum atomic E-state index is -0.673. The second-order valence-electron chi connectivity index (χ2n) is 6.64. The van der Waals surface area contributed by atoms with Gasteiger partial charge in [0, 0.05) is 26.0 Å². The minimum absolute atomic E-state index is 0.0212. The molecule has 3 rings (SSSR count). The molecule has 3 aromatic rings. The number of aryl methyl sites for hydroxylation is 1. The van der Waals surface area contributed by atoms with Crippen molar-refractivity contribution in [3.8, 4) is 5.69 Å². The zero-order chi connectivity index (χ0) is 21.1. The summed E-state index contributed by atoms with van der Waals surface area (Å²) in [5.41, 5.74) is 6.72. The number of hydrogen-bond donors (Lipinski definition) is 1. The van der Waals surface area contributed by atoms with E-state index in [0.717, 1.165) is 15.8 Å². The van der Waals surface area contributed by atoms with Gasteiger partial charge in [0.2, 0.25) is 0 Å². The van der Waals surface area contributed by atoms with Crippen LogP contribution in [0.25, 0.3) is 5.69 Å². The molecule has 152 valence electrons. The van der Waals surface area contributed by atoms with Gasteiger partial charge in [-0.3, -0.25) is 23.3 Å². The monoisotopic (exact) mass is 413 g/mol. The number of imidazole rings is 1. The van der Waals surface area contributed by atoms with Crippen molar-refractivity contribution in [3.63, 3.8) is 0 Å². The van der Waals surface area contributed by atoms with Crippen LogP contribution in [0.5, 0.6) is 0 Å². The first-order valence-electron chi connectivity index (χ1n) is 9.21. The Balaban J connectivity index is 1.91. The molecule has 29 heavy (non-hydrogen) atoms. The smallest absolute Gasteiger partial charge is 0.332 e. The van der Waals surface area contributed by atoms with E-state index >= 15 is 0 Å². The topological polar surface area (TPSA) is 105 Å². The number of anilines is 1. The van der Waals surface area contributed by atoms with Gasteiger partial charge in [-0.15, -0.1) is 0 Å². The number of para-hydroxylation sites is 1. The van der Waals surface area contributed by atoms with Crippen LogP contribution in [0, 0.1) is 6.92 Å². The Kier molecular flexibility index (Phi) is 6.07. The SMILES string of the molecule is CCCn1c(N)c(C(=O)CSc2nccn2-c2ccccc2C)c(=O)n(C)c1=O. The van der Waals surface area contributed by atoms with Gasteiger partial charge in [0.05, 0.1) is 11.4 Å². The van der Waals surface area contributed by atoms with Gasteiger partial charge in [0.25, 0.3) is 5.56 Å². The molecule has 0 spiro atoms. The van der Waals surface area contributed by atoms with Crippen LogP contribution in [0.15, 0.2) is 51.4 Å². The van der Waals surface area contributed by atoms with E-state index < -0.39 is 17.0 Å². The maximum atomic E-state index is 12.8. The number of aromatic nitrogens is 4. The van der Waals surface area contributed by atoms with Crippen molar-refractivity contribution >= 4 is 23.4 Å². The van der Waals surface area contributed by atoms with Gasteiger partial charge in [-0.25, -0.2) is 9.78 Å². The summed E-state index contributed by atoms with van der Waals surface area (Å²) < 4.78 is 4.10. The molecule has 0 saturated carbocycles. The Morgan fingerprint density at radius 3 is 2.66 bits per heavy atom. The highest BCUT2D eigenvalue weighted by atomic mass is 32.2. The molecular weight excluding hydrogens is 390 g/mol. The quantitative estimate of drug-likeness (QED) is 0.469. The summed E-state index contributed by atoms with van der Waals surface area (Å²) in [4.78, 5) is 42.0. The van der Waals surface area contributed by atoms with Gasteiger partial charge in [0.1, 0.15) is 11.4 Å². The van der Waals surface area contributed by atoms with Crippen LogP contribution in [0.4, 0.5) is 5.82 Å². The molecule has 0 radical (unpaired) electrons. The zero-order valence-electron chi connectivity index (χ0n) is 16.6. The number of Topliss-reactive ketones (excluding diaryl/α,β-unsaturated/α-hetero) is 1. The summed E-state index contributed by atoms with van der Waals surface area (Å²) in [6.07, 6.45) is 4.14. The number of nitrogens with zero attached hydrogens (tertiary/aromatic N) is 4. The third-order valence-electron chi connectivity index (χ3n) is 4.62. The van der Waals surface area contributed by atoms with E-state index in [0.29, 0.717) is 18.1 Å². The Labute approximate surface area is 172 Å². The van der Waals surface area contributed by atoms with Gasteiger partial charge in [-0.1, -0.05) is 36.9 Å². The number of nitrogens with two attached hydrogens (primary N) is 1. The average molecular weight is 414 g/mol. The van der Waals surface area contributed by atoms with Crippen molar-refractivity contribution in [1.82, 2.24) is 18.7 Å². The predicted octanol–water partition coefficient (Wildman–Crippen LogP) is 2.01. The second-order valence-corrected chi connectivity index (χ2v) is 7.58. The normalized spacial score (nSPS) is 11.0. The number of ketones is 1. The Morgan fingerprint density at radius 2 is 1.97 bits per heavy atom. The first kappa shape index (κ1) is 20.7. The molecule has 2 N–H and O–H groups in total. The van der Waals surface area contributed by atoms with Crippen molar-refractivity contribution in [2.45, 2.75) is 32.0 Å². The number of thioether (sulfide) groups is 1. The van der Waals surface area contributed by atoms with E-state index in [1.54, 1.807) is 6.20 Å². The molecule has 0 amide bonds. The predicted molar refractivity (Wildman–Crippen MR) is 114 cm³/mol. The van der Waals surface area contributed by atoms with Gasteiger partial charge in [0.15, 0.2) is 10.9 Å². The molecule has 1 aromatic carbocycles. The fraction of sp³-hybridized carbons (Fsp3) is 0.300. The molecular formula is C20H23N5O3S. The van der Waals surface area contributed by atoms with E-state index in [1.165, 1.54) is 23.4 Å². The van der Waals surface area contributed by atoms with Crippen molar-refractivity contribution in [2.24, 2.45) is 7.05 Å². The first-order chi connectivity index (χ1) is 13.9. The molecule has 0 aliphatic carbocycles.